The van der Waals surface area contributed by atoms with Gasteiger partial charge in [-0.1, -0.05) is 6.92 Å². The number of likely N-dealkylation sites (tertiary alicyclic amines) is 1. The second-order valence-corrected chi connectivity index (χ2v) is 9.46. The number of aromatic amines is 1. The number of thiophene rings is 1. The van der Waals surface area contributed by atoms with E-state index in [0.29, 0.717) is 33.5 Å². The van der Waals surface area contributed by atoms with Crippen molar-refractivity contribution in [2.24, 2.45) is 5.92 Å². The Labute approximate surface area is 171 Å². The number of furan rings is 1. The zero-order chi connectivity index (χ0) is 19.7. The van der Waals surface area contributed by atoms with E-state index in [0.717, 1.165) is 31.5 Å². The number of carbonyl (C=O) groups is 1. The van der Waals surface area contributed by atoms with Gasteiger partial charge in [0.05, 0.1) is 22.7 Å². The Kier molecular flexibility index (Phi) is 5.59. The molecule has 0 radical (unpaired) electrons. The van der Waals surface area contributed by atoms with Gasteiger partial charge >= 0.3 is 0 Å². The summed E-state index contributed by atoms with van der Waals surface area (Å²) < 4.78 is 5.43. The number of amides is 1. The first-order valence-electron chi connectivity index (χ1n) is 9.47. The predicted octanol–water partition coefficient (Wildman–Crippen LogP) is 4.30. The Balaban J connectivity index is 1.47. The maximum Gasteiger partial charge on any atom is 0.260 e. The molecule has 148 valence electrons. The molecule has 0 bridgehead atoms. The standard InChI is InChI=1S/C20H23N3O3S2/c1-12-5-7-23(8-6-12)16(24)11-27-13(2)18-21-19(25)17-14(10-28-20(17)22-18)15-4-3-9-26-15/h3-4,9-10,12-13H,5-8,11H2,1-2H3,(H,21,22,25). The third-order valence-corrected chi connectivity index (χ3v) is 7.24. The van der Waals surface area contributed by atoms with Gasteiger partial charge in [-0.25, -0.2) is 4.98 Å². The second-order valence-electron chi connectivity index (χ2n) is 7.27. The minimum absolute atomic E-state index is 0.0704. The molecule has 0 aromatic carbocycles. The van der Waals surface area contributed by atoms with Crippen LogP contribution in [0.15, 0.2) is 33.0 Å². The average Bonchev–Trinajstić information content (AvgIpc) is 3.35. The quantitative estimate of drug-likeness (QED) is 0.670. The second kappa shape index (κ2) is 8.13. The van der Waals surface area contributed by atoms with Crippen molar-refractivity contribution in [3.05, 3.63) is 40.0 Å². The van der Waals surface area contributed by atoms with Crippen molar-refractivity contribution in [3.8, 4) is 11.3 Å². The molecule has 0 aliphatic carbocycles. The van der Waals surface area contributed by atoms with Crippen LogP contribution in [0, 0.1) is 5.92 Å². The molecule has 1 fully saturated rings. The number of fused-ring (bicyclic) bond motifs is 1. The van der Waals surface area contributed by atoms with Crippen LogP contribution in [0.5, 0.6) is 0 Å². The Morgan fingerprint density at radius 1 is 1.46 bits per heavy atom. The first-order valence-corrected chi connectivity index (χ1v) is 11.4. The highest BCUT2D eigenvalue weighted by Gasteiger charge is 2.22. The van der Waals surface area contributed by atoms with Gasteiger partial charge in [0, 0.05) is 24.0 Å². The van der Waals surface area contributed by atoms with E-state index in [2.05, 4.69) is 16.9 Å². The van der Waals surface area contributed by atoms with E-state index < -0.39 is 0 Å². The molecule has 1 aliphatic rings. The van der Waals surface area contributed by atoms with Gasteiger partial charge in [-0.3, -0.25) is 9.59 Å². The van der Waals surface area contributed by atoms with Crippen LogP contribution in [0.3, 0.4) is 0 Å². The maximum absolute atomic E-state index is 12.7. The molecule has 4 rings (SSSR count). The molecule has 3 aromatic heterocycles. The SMILES string of the molecule is CC1CCN(C(=O)CSC(C)c2nc3scc(-c4ccco4)c3c(=O)[nH]2)CC1. The third kappa shape index (κ3) is 3.89. The molecule has 1 unspecified atom stereocenters. The summed E-state index contributed by atoms with van der Waals surface area (Å²) in [5, 5.41) is 2.38. The van der Waals surface area contributed by atoms with Crippen LogP contribution < -0.4 is 5.56 Å². The summed E-state index contributed by atoms with van der Waals surface area (Å²) in [6, 6.07) is 3.63. The van der Waals surface area contributed by atoms with Gasteiger partial charge in [0.25, 0.3) is 5.56 Å². The number of carbonyl (C=O) groups excluding carboxylic acids is 1. The molecule has 4 heterocycles. The largest absolute Gasteiger partial charge is 0.464 e. The predicted molar refractivity (Wildman–Crippen MR) is 114 cm³/mol. The first kappa shape index (κ1) is 19.3. The molecular weight excluding hydrogens is 394 g/mol. The van der Waals surface area contributed by atoms with Crippen LogP contribution in [0.25, 0.3) is 21.5 Å². The number of nitrogens with zero attached hydrogens (tertiary/aromatic N) is 2. The van der Waals surface area contributed by atoms with Gasteiger partial charge < -0.3 is 14.3 Å². The number of aromatic nitrogens is 2. The van der Waals surface area contributed by atoms with Gasteiger partial charge in [0.1, 0.15) is 16.4 Å². The van der Waals surface area contributed by atoms with E-state index in [1.54, 1.807) is 12.3 Å². The Hall–Kier alpha value is -2.06. The summed E-state index contributed by atoms with van der Waals surface area (Å²) in [6.45, 7) is 5.90. The van der Waals surface area contributed by atoms with Crippen LogP contribution in [0.4, 0.5) is 0 Å². The van der Waals surface area contributed by atoms with Crippen molar-refractivity contribution < 1.29 is 9.21 Å². The number of thioether (sulfide) groups is 1. The van der Waals surface area contributed by atoms with Crippen molar-refractivity contribution in [1.29, 1.82) is 0 Å². The zero-order valence-electron chi connectivity index (χ0n) is 15.9. The summed E-state index contributed by atoms with van der Waals surface area (Å²) in [5.41, 5.74) is 0.594. The number of hydrogen-bond acceptors (Lipinski definition) is 6. The average molecular weight is 418 g/mol. The molecule has 0 saturated carbocycles. The number of rotatable bonds is 5. The monoisotopic (exact) mass is 417 g/mol. The molecule has 0 spiro atoms. The topological polar surface area (TPSA) is 79.2 Å². The molecular formula is C20H23N3O3S2. The highest BCUT2D eigenvalue weighted by Crippen LogP contribution is 2.33. The number of nitrogens with one attached hydrogen (secondary N) is 1. The minimum Gasteiger partial charge on any atom is -0.464 e. The highest BCUT2D eigenvalue weighted by atomic mass is 32.2. The van der Waals surface area contributed by atoms with E-state index in [4.69, 9.17) is 4.42 Å². The normalized spacial score (nSPS) is 16.6. The van der Waals surface area contributed by atoms with Crippen molar-refractivity contribution in [2.45, 2.75) is 31.9 Å². The number of hydrogen-bond donors (Lipinski definition) is 1. The molecule has 1 N–H and O–H groups in total. The molecule has 1 aliphatic heterocycles. The fourth-order valence-corrected chi connectivity index (χ4v) is 5.18. The van der Waals surface area contributed by atoms with E-state index in [-0.39, 0.29) is 16.7 Å². The lowest BCUT2D eigenvalue weighted by molar-refractivity contribution is -0.129. The molecule has 8 heteroatoms. The van der Waals surface area contributed by atoms with E-state index in [1.165, 1.54) is 23.1 Å². The zero-order valence-corrected chi connectivity index (χ0v) is 17.6. The molecule has 3 aromatic rings. The van der Waals surface area contributed by atoms with Gasteiger partial charge in [-0.2, -0.15) is 0 Å². The minimum atomic E-state index is -0.170. The molecule has 1 saturated heterocycles. The van der Waals surface area contributed by atoms with Crippen molar-refractivity contribution in [3.63, 3.8) is 0 Å². The van der Waals surface area contributed by atoms with Gasteiger partial charge in [0.2, 0.25) is 5.91 Å². The smallest absolute Gasteiger partial charge is 0.260 e. The van der Waals surface area contributed by atoms with E-state index in [1.807, 2.05) is 23.3 Å². The molecule has 28 heavy (non-hydrogen) atoms. The molecule has 6 nitrogen and oxygen atoms in total. The van der Waals surface area contributed by atoms with Crippen LogP contribution in [-0.2, 0) is 4.79 Å². The van der Waals surface area contributed by atoms with Crippen molar-refractivity contribution in [2.75, 3.05) is 18.8 Å². The van der Waals surface area contributed by atoms with Crippen LogP contribution in [0.1, 0.15) is 37.8 Å². The fraction of sp³-hybridized carbons (Fsp3) is 0.450. The lowest BCUT2D eigenvalue weighted by Crippen LogP contribution is -2.39. The lowest BCUT2D eigenvalue weighted by atomic mass is 9.99. The summed E-state index contributed by atoms with van der Waals surface area (Å²) >= 11 is 2.95. The molecule has 1 amide bonds. The highest BCUT2D eigenvalue weighted by molar-refractivity contribution is 8.00. The first-order chi connectivity index (χ1) is 13.5. The number of H-pyrrole nitrogens is 1. The van der Waals surface area contributed by atoms with E-state index >= 15 is 0 Å². The summed E-state index contributed by atoms with van der Waals surface area (Å²) in [4.78, 5) is 35.3. The van der Waals surface area contributed by atoms with Crippen LogP contribution >= 0.6 is 23.1 Å². The van der Waals surface area contributed by atoms with Gasteiger partial charge in [-0.15, -0.1) is 23.1 Å². The van der Waals surface area contributed by atoms with Crippen LogP contribution in [0.2, 0.25) is 0 Å². The fourth-order valence-electron chi connectivity index (χ4n) is 3.40. The van der Waals surface area contributed by atoms with Gasteiger partial charge in [0.15, 0.2) is 0 Å². The van der Waals surface area contributed by atoms with E-state index in [9.17, 15) is 9.59 Å². The maximum atomic E-state index is 12.7. The summed E-state index contributed by atoms with van der Waals surface area (Å²) in [7, 11) is 0. The Morgan fingerprint density at radius 2 is 2.25 bits per heavy atom. The Morgan fingerprint density at radius 3 is 2.96 bits per heavy atom. The summed E-state index contributed by atoms with van der Waals surface area (Å²) in [5.74, 6) is 2.54. The molecule has 1 atom stereocenters. The Bertz CT molecular complexity index is 1020. The summed E-state index contributed by atoms with van der Waals surface area (Å²) in [6.07, 6.45) is 3.75. The van der Waals surface area contributed by atoms with Crippen molar-refractivity contribution in [1.82, 2.24) is 14.9 Å². The van der Waals surface area contributed by atoms with Gasteiger partial charge in [-0.05, 0) is 37.8 Å². The number of piperidine rings is 1. The van der Waals surface area contributed by atoms with Crippen molar-refractivity contribution >= 4 is 39.2 Å². The van der Waals surface area contributed by atoms with Crippen LogP contribution in [-0.4, -0.2) is 39.6 Å². The third-order valence-electron chi connectivity index (χ3n) is 5.23. The lowest BCUT2D eigenvalue weighted by Gasteiger charge is -2.30.